The van der Waals surface area contributed by atoms with Crippen LogP contribution in [-0.4, -0.2) is 39.1 Å². The highest BCUT2D eigenvalue weighted by Crippen LogP contribution is 2.24. The van der Waals surface area contributed by atoms with Gasteiger partial charge in [0.1, 0.15) is 12.4 Å². The lowest BCUT2D eigenvalue weighted by molar-refractivity contribution is 0.305. The van der Waals surface area contributed by atoms with Crippen LogP contribution in [0.15, 0.2) is 24.3 Å². The maximum atomic E-state index is 11.6. The van der Waals surface area contributed by atoms with E-state index in [1.807, 2.05) is 12.1 Å². The smallest absolute Gasteiger partial charge is 0.151 e. The molecule has 0 heterocycles. The maximum Gasteiger partial charge on any atom is 0.151 e. The normalized spacial score (nSPS) is 22.9. The number of rotatable bonds is 6. The summed E-state index contributed by atoms with van der Waals surface area (Å²) in [6.45, 7) is 1.15. The summed E-state index contributed by atoms with van der Waals surface area (Å²) in [4.78, 5) is 0. The molecule has 2 atom stereocenters. The quantitative estimate of drug-likeness (QED) is 0.818. The van der Waals surface area contributed by atoms with Gasteiger partial charge in [0.2, 0.25) is 0 Å². The van der Waals surface area contributed by atoms with Crippen molar-refractivity contribution >= 4 is 21.4 Å². The highest BCUT2D eigenvalue weighted by molar-refractivity contribution is 7.91. The number of ether oxygens (including phenoxy) is 1. The SMILES string of the molecule is CS(=O)(=O)[C@H]1CCC[C@@H]1NCCOc1ccc(Cl)cc1. The van der Waals surface area contributed by atoms with Crippen molar-refractivity contribution in [3.05, 3.63) is 29.3 Å². The second-order valence-corrected chi connectivity index (χ2v) is 7.86. The summed E-state index contributed by atoms with van der Waals surface area (Å²) in [5, 5.41) is 3.72. The van der Waals surface area contributed by atoms with Crippen LogP contribution in [0.1, 0.15) is 19.3 Å². The summed E-state index contributed by atoms with van der Waals surface area (Å²) in [5.74, 6) is 0.766. The van der Waals surface area contributed by atoms with E-state index in [0.29, 0.717) is 18.2 Å². The van der Waals surface area contributed by atoms with Gasteiger partial charge in [0, 0.05) is 23.9 Å². The average molecular weight is 318 g/mol. The molecule has 1 aromatic rings. The molecule has 112 valence electrons. The van der Waals surface area contributed by atoms with Crippen LogP contribution >= 0.6 is 11.6 Å². The van der Waals surface area contributed by atoms with Gasteiger partial charge < -0.3 is 10.1 Å². The van der Waals surface area contributed by atoms with Crippen LogP contribution in [0.2, 0.25) is 5.02 Å². The van der Waals surface area contributed by atoms with E-state index in [4.69, 9.17) is 16.3 Å². The minimum atomic E-state index is -2.96. The van der Waals surface area contributed by atoms with E-state index >= 15 is 0 Å². The molecule has 1 aliphatic rings. The number of nitrogens with one attached hydrogen (secondary N) is 1. The number of hydrogen-bond donors (Lipinski definition) is 1. The Hall–Kier alpha value is -0.780. The Morgan fingerprint density at radius 3 is 2.65 bits per heavy atom. The van der Waals surface area contributed by atoms with Gasteiger partial charge in [-0.2, -0.15) is 0 Å². The molecule has 1 N–H and O–H groups in total. The summed E-state index contributed by atoms with van der Waals surface area (Å²) < 4.78 is 28.9. The lowest BCUT2D eigenvalue weighted by atomic mass is 10.2. The Morgan fingerprint density at radius 2 is 2.00 bits per heavy atom. The van der Waals surface area contributed by atoms with Crippen molar-refractivity contribution < 1.29 is 13.2 Å². The minimum absolute atomic E-state index is 0.0545. The van der Waals surface area contributed by atoms with Crippen LogP contribution in [0, 0.1) is 0 Å². The molecule has 0 amide bonds. The van der Waals surface area contributed by atoms with Gasteiger partial charge in [-0.15, -0.1) is 0 Å². The van der Waals surface area contributed by atoms with Gasteiger partial charge in [0.25, 0.3) is 0 Å². The van der Waals surface area contributed by atoms with E-state index in [2.05, 4.69) is 5.32 Å². The Bertz CT molecular complexity index is 530. The minimum Gasteiger partial charge on any atom is -0.492 e. The van der Waals surface area contributed by atoms with E-state index < -0.39 is 9.84 Å². The van der Waals surface area contributed by atoms with Crippen molar-refractivity contribution in [1.82, 2.24) is 5.32 Å². The van der Waals surface area contributed by atoms with E-state index in [1.165, 1.54) is 6.26 Å². The van der Waals surface area contributed by atoms with Gasteiger partial charge in [-0.1, -0.05) is 18.0 Å². The van der Waals surface area contributed by atoms with Crippen molar-refractivity contribution in [1.29, 1.82) is 0 Å². The zero-order valence-electron chi connectivity index (χ0n) is 11.5. The van der Waals surface area contributed by atoms with Crippen molar-refractivity contribution in [3.63, 3.8) is 0 Å². The van der Waals surface area contributed by atoms with Gasteiger partial charge in [-0.3, -0.25) is 0 Å². The second kappa shape index (κ2) is 6.78. The van der Waals surface area contributed by atoms with Crippen LogP contribution < -0.4 is 10.1 Å². The van der Waals surface area contributed by atoms with Crippen LogP contribution in [0.3, 0.4) is 0 Å². The maximum absolute atomic E-state index is 11.6. The fourth-order valence-corrected chi connectivity index (χ4v) is 4.17. The Kier molecular flexibility index (Phi) is 5.29. The standard InChI is InChI=1S/C14H20ClNO3S/c1-20(17,18)14-4-2-3-13(14)16-9-10-19-12-7-5-11(15)6-8-12/h5-8,13-14,16H,2-4,9-10H2,1H3/t13-,14-/m0/s1. The first-order chi connectivity index (χ1) is 9.47. The molecule has 0 saturated heterocycles. The van der Waals surface area contributed by atoms with Gasteiger partial charge in [-0.25, -0.2) is 8.42 Å². The molecule has 1 aliphatic carbocycles. The molecule has 6 heteroatoms. The molecule has 0 bridgehead atoms. The molecular weight excluding hydrogens is 298 g/mol. The van der Waals surface area contributed by atoms with Gasteiger partial charge in [0.15, 0.2) is 9.84 Å². The molecule has 4 nitrogen and oxygen atoms in total. The van der Waals surface area contributed by atoms with E-state index in [0.717, 1.165) is 25.0 Å². The zero-order chi connectivity index (χ0) is 14.6. The highest BCUT2D eigenvalue weighted by Gasteiger charge is 2.34. The summed E-state index contributed by atoms with van der Waals surface area (Å²) in [7, 11) is -2.96. The number of halogens is 1. The third kappa shape index (κ3) is 4.36. The Balaban J connectivity index is 1.74. The molecular formula is C14H20ClNO3S. The van der Waals surface area contributed by atoms with E-state index in [1.54, 1.807) is 12.1 Å². The molecule has 0 aliphatic heterocycles. The summed E-state index contributed by atoms with van der Waals surface area (Å²) >= 11 is 5.79. The molecule has 0 unspecified atom stereocenters. The van der Waals surface area contributed by atoms with Crippen LogP contribution in [-0.2, 0) is 9.84 Å². The number of sulfone groups is 1. The summed E-state index contributed by atoms with van der Waals surface area (Å²) in [6, 6.07) is 7.25. The molecule has 2 rings (SSSR count). The topological polar surface area (TPSA) is 55.4 Å². The molecule has 1 aromatic carbocycles. The third-order valence-electron chi connectivity index (χ3n) is 3.59. The van der Waals surface area contributed by atoms with Gasteiger partial charge >= 0.3 is 0 Å². The van der Waals surface area contributed by atoms with Crippen molar-refractivity contribution in [2.45, 2.75) is 30.6 Å². The molecule has 0 spiro atoms. The summed E-state index contributed by atoms with van der Waals surface area (Å²) in [5.41, 5.74) is 0. The van der Waals surface area contributed by atoms with Crippen molar-refractivity contribution in [2.75, 3.05) is 19.4 Å². The molecule has 1 saturated carbocycles. The fraction of sp³-hybridized carbons (Fsp3) is 0.571. The third-order valence-corrected chi connectivity index (χ3v) is 5.51. The van der Waals surface area contributed by atoms with Crippen LogP contribution in [0.5, 0.6) is 5.75 Å². The van der Waals surface area contributed by atoms with Crippen molar-refractivity contribution in [3.8, 4) is 5.75 Å². The Morgan fingerprint density at radius 1 is 1.30 bits per heavy atom. The first kappa shape index (κ1) is 15.6. The molecule has 20 heavy (non-hydrogen) atoms. The number of hydrogen-bond acceptors (Lipinski definition) is 4. The van der Waals surface area contributed by atoms with Gasteiger partial charge in [-0.05, 0) is 37.1 Å². The first-order valence-electron chi connectivity index (χ1n) is 6.77. The molecule has 0 aromatic heterocycles. The largest absolute Gasteiger partial charge is 0.492 e. The predicted octanol–water partition coefficient (Wildman–Crippen LogP) is 2.27. The van der Waals surface area contributed by atoms with E-state index in [-0.39, 0.29) is 11.3 Å². The van der Waals surface area contributed by atoms with Crippen molar-refractivity contribution in [2.24, 2.45) is 0 Å². The second-order valence-electron chi connectivity index (χ2n) is 5.16. The lowest BCUT2D eigenvalue weighted by Crippen LogP contribution is -2.41. The van der Waals surface area contributed by atoms with Crippen LogP contribution in [0.4, 0.5) is 0 Å². The molecule has 0 radical (unpaired) electrons. The monoisotopic (exact) mass is 317 g/mol. The Labute approximate surface area is 125 Å². The van der Waals surface area contributed by atoms with E-state index in [9.17, 15) is 8.42 Å². The van der Waals surface area contributed by atoms with Gasteiger partial charge in [0.05, 0.1) is 5.25 Å². The number of benzene rings is 1. The highest BCUT2D eigenvalue weighted by atomic mass is 35.5. The first-order valence-corrected chi connectivity index (χ1v) is 9.11. The molecule has 1 fully saturated rings. The van der Waals surface area contributed by atoms with Crippen LogP contribution in [0.25, 0.3) is 0 Å². The predicted molar refractivity (Wildman–Crippen MR) is 81.2 cm³/mol. The zero-order valence-corrected chi connectivity index (χ0v) is 13.1. The average Bonchev–Trinajstić information content (AvgIpc) is 2.85. The summed E-state index contributed by atoms with van der Waals surface area (Å²) in [6.07, 6.45) is 3.96. The lowest BCUT2D eigenvalue weighted by Gasteiger charge is -2.19. The fourth-order valence-electron chi connectivity index (χ4n) is 2.62.